The smallest absolute Gasteiger partial charge is 0.316 e. The molecule has 0 spiro atoms. The first-order valence-electron chi connectivity index (χ1n) is 7.09. The number of urea groups is 1. The molecule has 3 aromatic rings. The van der Waals surface area contributed by atoms with Crippen LogP contribution in [0.5, 0.6) is 0 Å². The van der Waals surface area contributed by atoms with Crippen LogP contribution in [0.25, 0.3) is 16.2 Å². The number of amides is 2. The van der Waals surface area contributed by atoms with E-state index in [9.17, 15) is 4.79 Å². The van der Waals surface area contributed by atoms with Gasteiger partial charge in [-0.15, -0.1) is 5.10 Å². The molecule has 0 atom stereocenters. The zero-order valence-electron chi connectivity index (χ0n) is 12.9. The van der Waals surface area contributed by atoms with E-state index in [-0.39, 0.29) is 6.03 Å². The Bertz CT molecular complexity index is 764. The van der Waals surface area contributed by atoms with Gasteiger partial charge < -0.3 is 15.5 Å². The van der Waals surface area contributed by atoms with E-state index >= 15 is 0 Å². The van der Waals surface area contributed by atoms with Crippen molar-refractivity contribution < 1.29 is 4.79 Å². The van der Waals surface area contributed by atoms with Gasteiger partial charge in [0.2, 0.25) is 10.1 Å². The highest BCUT2D eigenvalue weighted by Gasteiger charge is 2.09. The first-order valence-corrected chi connectivity index (χ1v) is 7.91. The average molecular weight is 331 g/mol. The van der Waals surface area contributed by atoms with Gasteiger partial charge in [0.05, 0.1) is 11.9 Å². The fraction of sp³-hybridized carbons (Fsp3) is 0.286. The lowest BCUT2D eigenvalue weighted by Gasteiger charge is -2.11. The highest BCUT2D eigenvalue weighted by atomic mass is 32.1. The number of fused-ring (bicyclic) bond motifs is 1. The standard InChI is InChI=1S/C14H17N7OS/c1-20(2)13(22)17-7-6-16-12-19-21-9-11(18-14(21)23-12)10-4-3-5-15-8-10/h3-5,8-9H,6-7H2,1-2H3,(H,16,19)(H,17,22). The molecule has 2 N–H and O–H groups in total. The van der Waals surface area contributed by atoms with Gasteiger partial charge in [-0.25, -0.2) is 14.3 Å². The van der Waals surface area contributed by atoms with E-state index in [0.717, 1.165) is 21.3 Å². The minimum atomic E-state index is -0.109. The molecule has 120 valence electrons. The Kier molecular flexibility index (Phi) is 4.38. The summed E-state index contributed by atoms with van der Waals surface area (Å²) in [6.07, 6.45) is 5.39. The van der Waals surface area contributed by atoms with Crippen LogP contribution in [0.1, 0.15) is 0 Å². The van der Waals surface area contributed by atoms with Crippen LogP contribution in [-0.4, -0.2) is 57.7 Å². The predicted octanol–water partition coefficient (Wildman–Crippen LogP) is 1.54. The van der Waals surface area contributed by atoms with Crippen LogP contribution in [0, 0.1) is 0 Å². The third-order valence-electron chi connectivity index (χ3n) is 3.08. The zero-order chi connectivity index (χ0) is 16.2. The summed E-state index contributed by atoms with van der Waals surface area (Å²) >= 11 is 1.46. The molecule has 0 fully saturated rings. The molecule has 3 rings (SSSR count). The number of hydrogen-bond donors (Lipinski definition) is 2. The van der Waals surface area contributed by atoms with E-state index < -0.39 is 0 Å². The van der Waals surface area contributed by atoms with E-state index in [4.69, 9.17) is 0 Å². The van der Waals surface area contributed by atoms with E-state index in [1.165, 1.54) is 16.2 Å². The zero-order valence-corrected chi connectivity index (χ0v) is 13.7. The van der Waals surface area contributed by atoms with Gasteiger partial charge in [0.1, 0.15) is 0 Å². The van der Waals surface area contributed by atoms with Crippen molar-refractivity contribution >= 4 is 27.5 Å². The van der Waals surface area contributed by atoms with E-state index in [1.54, 1.807) is 31.0 Å². The number of anilines is 1. The monoisotopic (exact) mass is 331 g/mol. The molecule has 9 heteroatoms. The number of nitrogens with one attached hydrogen (secondary N) is 2. The number of imidazole rings is 1. The molecule has 0 unspecified atom stereocenters. The minimum absolute atomic E-state index is 0.109. The molecule has 0 aromatic carbocycles. The van der Waals surface area contributed by atoms with Crippen molar-refractivity contribution in [3.05, 3.63) is 30.7 Å². The maximum Gasteiger partial charge on any atom is 0.316 e. The molecular weight excluding hydrogens is 314 g/mol. The summed E-state index contributed by atoms with van der Waals surface area (Å²) < 4.78 is 1.74. The molecule has 3 aromatic heterocycles. The molecular formula is C14H17N7OS. The Hall–Kier alpha value is -2.68. The molecule has 3 heterocycles. The molecule has 0 radical (unpaired) electrons. The number of nitrogens with zero attached hydrogens (tertiary/aromatic N) is 5. The topological polar surface area (TPSA) is 87.5 Å². The molecule has 0 saturated carbocycles. The molecule has 2 amide bonds. The maximum absolute atomic E-state index is 11.4. The Balaban J connectivity index is 1.59. The Morgan fingerprint density at radius 3 is 2.96 bits per heavy atom. The third-order valence-corrected chi connectivity index (χ3v) is 3.96. The minimum Gasteiger partial charge on any atom is -0.358 e. The van der Waals surface area contributed by atoms with Crippen LogP contribution in [0.4, 0.5) is 9.93 Å². The highest BCUT2D eigenvalue weighted by molar-refractivity contribution is 7.20. The van der Waals surface area contributed by atoms with E-state index in [0.29, 0.717) is 13.1 Å². The second-order valence-electron chi connectivity index (χ2n) is 5.06. The summed E-state index contributed by atoms with van der Waals surface area (Å²) in [5, 5.41) is 11.2. The van der Waals surface area contributed by atoms with Crippen LogP contribution in [0.3, 0.4) is 0 Å². The van der Waals surface area contributed by atoms with Crippen molar-refractivity contribution in [3.63, 3.8) is 0 Å². The molecule has 0 aliphatic carbocycles. The molecule has 0 bridgehead atoms. The van der Waals surface area contributed by atoms with Crippen molar-refractivity contribution in [3.8, 4) is 11.3 Å². The van der Waals surface area contributed by atoms with Gasteiger partial charge in [0, 0.05) is 45.1 Å². The molecule has 23 heavy (non-hydrogen) atoms. The molecule has 0 aliphatic rings. The largest absolute Gasteiger partial charge is 0.358 e. The first-order chi connectivity index (χ1) is 11.1. The van der Waals surface area contributed by atoms with E-state index in [2.05, 4.69) is 25.7 Å². The highest BCUT2D eigenvalue weighted by Crippen LogP contribution is 2.23. The Morgan fingerprint density at radius 2 is 2.26 bits per heavy atom. The number of pyridine rings is 1. The number of aromatic nitrogens is 4. The molecule has 8 nitrogen and oxygen atoms in total. The Morgan fingerprint density at radius 1 is 1.39 bits per heavy atom. The first kappa shape index (κ1) is 15.2. The SMILES string of the molecule is CN(C)C(=O)NCCNc1nn2cc(-c3cccnc3)nc2s1. The van der Waals surface area contributed by atoms with Crippen molar-refractivity contribution in [1.29, 1.82) is 0 Å². The third kappa shape index (κ3) is 3.57. The molecule has 0 saturated heterocycles. The quantitative estimate of drug-likeness (QED) is 0.693. The van der Waals surface area contributed by atoms with Gasteiger partial charge in [0.25, 0.3) is 0 Å². The van der Waals surface area contributed by atoms with Crippen LogP contribution >= 0.6 is 11.3 Å². The second kappa shape index (κ2) is 6.61. The van der Waals surface area contributed by atoms with Gasteiger partial charge >= 0.3 is 6.03 Å². The number of rotatable bonds is 5. The van der Waals surface area contributed by atoms with Gasteiger partial charge in [-0.05, 0) is 12.1 Å². The maximum atomic E-state index is 11.4. The van der Waals surface area contributed by atoms with Gasteiger partial charge in [-0.1, -0.05) is 11.3 Å². The summed E-state index contributed by atoms with van der Waals surface area (Å²) in [4.78, 5) is 22.3. The van der Waals surface area contributed by atoms with Crippen molar-refractivity contribution in [2.75, 3.05) is 32.5 Å². The van der Waals surface area contributed by atoms with Gasteiger partial charge in [-0.2, -0.15) is 0 Å². The lowest BCUT2D eigenvalue weighted by atomic mass is 10.2. The number of carbonyl (C=O) groups is 1. The number of carbonyl (C=O) groups excluding carboxylic acids is 1. The van der Waals surface area contributed by atoms with Crippen LogP contribution < -0.4 is 10.6 Å². The van der Waals surface area contributed by atoms with Crippen molar-refractivity contribution in [1.82, 2.24) is 29.8 Å². The fourth-order valence-corrected chi connectivity index (χ4v) is 2.73. The summed E-state index contributed by atoms with van der Waals surface area (Å²) in [6.45, 7) is 1.13. The fourth-order valence-electron chi connectivity index (χ4n) is 1.92. The summed E-state index contributed by atoms with van der Waals surface area (Å²) in [7, 11) is 3.41. The average Bonchev–Trinajstić information content (AvgIpc) is 3.10. The Labute approximate surface area is 137 Å². The summed E-state index contributed by atoms with van der Waals surface area (Å²) in [5.74, 6) is 0. The van der Waals surface area contributed by atoms with Gasteiger partial charge in [0.15, 0.2) is 0 Å². The lowest BCUT2D eigenvalue weighted by molar-refractivity contribution is 0.218. The van der Waals surface area contributed by atoms with Gasteiger partial charge in [-0.3, -0.25) is 4.98 Å². The normalized spacial score (nSPS) is 10.7. The summed E-state index contributed by atoms with van der Waals surface area (Å²) in [6, 6.07) is 3.74. The van der Waals surface area contributed by atoms with Crippen molar-refractivity contribution in [2.45, 2.75) is 0 Å². The van der Waals surface area contributed by atoms with E-state index in [1.807, 2.05) is 18.3 Å². The second-order valence-corrected chi connectivity index (χ2v) is 6.01. The number of hydrogen-bond acceptors (Lipinski definition) is 6. The predicted molar refractivity (Wildman–Crippen MR) is 89.7 cm³/mol. The van der Waals surface area contributed by atoms with Crippen LogP contribution in [0.15, 0.2) is 30.7 Å². The van der Waals surface area contributed by atoms with Crippen molar-refractivity contribution in [2.24, 2.45) is 0 Å². The van der Waals surface area contributed by atoms with Crippen LogP contribution in [0.2, 0.25) is 0 Å². The van der Waals surface area contributed by atoms with Crippen LogP contribution in [-0.2, 0) is 0 Å². The lowest BCUT2D eigenvalue weighted by Crippen LogP contribution is -2.37. The summed E-state index contributed by atoms with van der Waals surface area (Å²) in [5.41, 5.74) is 1.81. The molecule has 0 aliphatic heterocycles.